The van der Waals surface area contributed by atoms with E-state index in [1.807, 2.05) is 30.5 Å². The molecular formula is C25H23NO5S. The van der Waals surface area contributed by atoms with Crippen molar-refractivity contribution in [2.45, 2.75) is 19.5 Å². The van der Waals surface area contributed by atoms with Crippen LogP contribution < -0.4 is 9.47 Å². The molecule has 0 spiro atoms. The largest absolute Gasteiger partial charge is 0.507 e. The summed E-state index contributed by atoms with van der Waals surface area (Å²) in [5.74, 6) is -0.418. The fraction of sp³-hybridized carbons (Fsp3) is 0.200. The number of methoxy groups -OCH3 is 1. The Kier molecular flexibility index (Phi) is 6.28. The number of aliphatic hydroxyl groups is 1. The second-order valence-electron chi connectivity index (χ2n) is 7.24. The van der Waals surface area contributed by atoms with Crippen LogP contribution in [-0.4, -0.2) is 35.4 Å². The summed E-state index contributed by atoms with van der Waals surface area (Å²) in [5, 5.41) is 13.1. The van der Waals surface area contributed by atoms with Gasteiger partial charge >= 0.3 is 0 Å². The molecule has 2 aromatic carbocycles. The lowest BCUT2D eigenvalue weighted by atomic mass is 9.95. The van der Waals surface area contributed by atoms with Crippen LogP contribution in [0.25, 0.3) is 5.76 Å². The molecule has 1 aliphatic heterocycles. The fourth-order valence-corrected chi connectivity index (χ4v) is 4.53. The third-order valence-electron chi connectivity index (χ3n) is 5.27. The van der Waals surface area contributed by atoms with Gasteiger partial charge in [-0.1, -0.05) is 30.3 Å². The first kappa shape index (κ1) is 21.6. The van der Waals surface area contributed by atoms with Crippen LogP contribution in [0.4, 0.5) is 0 Å². The molecule has 1 amide bonds. The number of carbonyl (C=O) groups excluding carboxylic acids is 2. The van der Waals surface area contributed by atoms with Gasteiger partial charge in [-0.2, -0.15) is 0 Å². The van der Waals surface area contributed by atoms with E-state index in [0.29, 0.717) is 29.2 Å². The van der Waals surface area contributed by atoms with Gasteiger partial charge < -0.3 is 19.5 Å². The molecule has 32 heavy (non-hydrogen) atoms. The molecular weight excluding hydrogens is 426 g/mol. The topological polar surface area (TPSA) is 76.1 Å². The SMILES string of the molecule is CCOc1cccc(/C(O)=C2/C(=O)C(=O)N(Cc3cccs3)C2c2cccc(OC)c2)c1. The molecule has 1 fully saturated rings. The average molecular weight is 450 g/mol. The van der Waals surface area contributed by atoms with Gasteiger partial charge in [0.1, 0.15) is 17.3 Å². The van der Waals surface area contributed by atoms with Gasteiger partial charge in [-0.3, -0.25) is 9.59 Å². The van der Waals surface area contributed by atoms with Crippen LogP contribution in [-0.2, 0) is 16.1 Å². The Morgan fingerprint density at radius 2 is 1.84 bits per heavy atom. The molecule has 4 rings (SSSR count). The summed E-state index contributed by atoms with van der Waals surface area (Å²) in [6, 6.07) is 17.1. The third kappa shape index (κ3) is 4.11. The second kappa shape index (κ2) is 9.28. The number of hydrogen-bond acceptors (Lipinski definition) is 6. The van der Waals surface area contributed by atoms with Crippen LogP contribution in [0.1, 0.15) is 29.0 Å². The molecule has 7 heteroatoms. The summed E-state index contributed by atoms with van der Waals surface area (Å²) in [7, 11) is 1.56. The van der Waals surface area contributed by atoms with Crippen molar-refractivity contribution in [3.05, 3.63) is 87.6 Å². The van der Waals surface area contributed by atoms with Gasteiger partial charge in [-0.25, -0.2) is 0 Å². The second-order valence-corrected chi connectivity index (χ2v) is 8.28. The predicted molar refractivity (Wildman–Crippen MR) is 123 cm³/mol. The lowest BCUT2D eigenvalue weighted by Crippen LogP contribution is -2.28. The molecule has 1 aliphatic rings. The van der Waals surface area contributed by atoms with Gasteiger partial charge in [-0.05, 0) is 48.2 Å². The van der Waals surface area contributed by atoms with Gasteiger partial charge in [0.2, 0.25) is 0 Å². The van der Waals surface area contributed by atoms with E-state index >= 15 is 0 Å². The number of hydrogen-bond donors (Lipinski definition) is 1. The van der Waals surface area contributed by atoms with Crippen molar-refractivity contribution in [1.29, 1.82) is 0 Å². The Labute approximate surface area is 190 Å². The predicted octanol–water partition coefficient (Wildman–Crippen LogP) is 4.78. The molecule has 164 valence electrons. The summed E-state index contributed by atoms with van der Waals surface area (Å²) in [6.45, 7) is 2.60. The molecule has 0 bridgehead atoms. The Morgan fingerprint density at radius 1 is 1.06 bits per heavy atom. The Morgan fingerprint density at radius 3 is 2.56 bits per heavy atom. The lowest BCUT2D eigenvalue weighted by Gasteiger charge is -2.25. The van der Waals surface area contributed by atoms with E-state index in [-0.39, 0.29) is 17.9 Å². The summed E-state index contributed by atoms with van der Waals surface area (Å²) >= 11 is 1.51. The summed E-state index contributed by atoms with van der Waals surface area (Å²) in [5.41, 5.74) is 1.15. The molecule has 1 unspecified atom stereocenters. The smallest absolute Gasteiger partial charge is 0.295 e. The van der Waals surface area contributed by atoms with E-state index in [2.05, 4.69) is 0 Å². The molecule has 1 atom stereocenters. The molecule has 2 heterocycles. The van der Waals surface area contributed by atoms with E-state index in [1.54, 1.807) is 49.6 Å². The third-order valence-corrected chi connectivity index (χ3v) is 6.14. The quantitative estimate of drug-likeness (QED) is 0.319. The van der Waals surface area contributed by atoms with E-state index in [9.17, 15) is 14.7 Å². The Hall–Kier alpha value is -3.58. The Bertz CT molecular complexity index is 1170. The first-order valence-corrected chi connectivity index (χ1v) is 11.1. The first-order chi connectivity index (χ1) is 15.5. The van der Waals surface area contributed by atoms with E-state index in [0.717, 1.165) is 4.88 Å². The minimum atomic E-state index is -0.747. The van der Waals surface area contributed by atoms with Crippen molar-refractivity contribution in [1.82, 2.24) is 4.90 Å². The van der Waals surface area contributed by atoms with Crippen LogP contribution >= 0.6 is 11.3 Å². The van der Waals surface area contributed by atoms with Crippen molar-refractivity contribution < 1.29 is 24.2 Å². The minimum absolute atomic E-state index is 0.0495. The van der Waals surface area contributed by atoms with Crippen LogP contribution in [0.3, 0.4) is 0 Å². The van der Waals surface area contributed by atoms with Gasteiger partial charge in [0.15, 0.2) is 0 Å². The highest BCUT2D eigenvalue weighted by atomic mass is 32.1. The zero-order valence-corrected chi connectivity index (χ0v) is 18.6. The highest BCUT2D eigenvalue weighted by molar-refractivity contribution is 7.09. The number of carbonyl (C=O) groups is 2. The molecule has 1 saturated heterocycles. The normalized spacial score (nSPS) is 17.6. The van der Waals surface area contributed by atoms with Crippen molar-refractivity contribution >= 4 is 28.8 Å². The average Bonchev–Trinajstić information content (AvgIpc) is 3.41. The Balaban J connectivity index is 1.86. The highest BCUT2D eigenvalue weighted by Gasteiger charge is 2.46. The van der Waals surface area contributed by atoms with Gasteiger partial charge in [0.05, 0.1) is 31.9 Å². The zero-order chi connectivity index (χ0) is 22.7. The summed E-state index contributed by atoms with van der Waals surface area (Å²) in [6.07, 6.45) is 0. The zero-order valence-electron chi connectivity index (χ0n) is 17.8. The van der Waals surface area contributed by atoms with Crippen LogP contribution in [0.5, 0.6) is 11.5 Å². The molecule has 0 saturated carbocycles. The lowest BCUT2D eigenvalue weighted by molar-refractivity contribution is -0.140. The number of ketones is 1. The number of nitrogens with zero attached hydrogens (tertiary/aromatic N) is 1. The van der Waals surface area contributed by atoms with Crippen LogP contribution in [0, 0.1) is 0 Å². The van der Waals surface area contributed by atoms with E-state index < -0.39 is 17.7 Å². The van der Waals surface area contributed by atoms with Crippen LogP contribution in [0.15, 0.2) is 71.6 Å². The van der Waals surface area contributed by atoms with E-state index in [1.165, 1.54) is 16.2 Å². The molecule has 0 aliphatic carbocycles. The van der Waals surface area contributed by atoms with Crippen molar-refractivity contribution in [3.8, 4) is 11.5 Å². The molecule has 1 aromatic heterocycles. The maximum atomic E-state index is 13.1. The maximum Gasteiger partial charge on any atom is 0.295 e. The highest BCUT2D eigenvalue weighted by Crippen LogP contribution is 2.41. The number of rotatable bonds is 7. The van der Waals surface area contributed by atoms with Gasteiger partial charge in [0.25, 0.3) is 11.7 Å². The number of thiophene rings is 1. The fourth-order valence-electron chi connectivity index (χ4n) is 3.83. The molecule has 3 aromatic rings. The summed E-state index contributed by atoms with van der Waals surface area (Å²) in [4.78, 5) is 28.6. The molecule has 1 N–H and O–H groups in total. The number of ether oxygens (including phenoxy) is 2. The van der Waals surface area contributed by atoms with Crippen molar-refractivity contribution in [2.75, 3.05) is 13.7 Å². The number of likely N-dealkylation sites (tertiary alicyclic amines) is 1. The molecule has 0 radical (unpaired) electrons. The van der Waals surface area contributed by atoms with Crippen molar-refractivity contribution in [3.63, 3.8) is 0 Å². The number of amides is 1. The standard InChI is InChI=1S/C25H23NO5S/c1-3-31-19-10-5-8-17(14-19)23(27)21-22(16-7-4-9-18(13-16)30-2)26(25(29)24(21)28)15-20-11-6-12-32-20/h4-14,22,27H,3,15H2,1-2H3/b23-21-. The number of aliphatic hydroxyl groups excluding tert-OH is 1. The van der Waals surface area contributed by atoms with Crippen molar-refractivity contribution in [2.24, 2.45) is 0 Å². The van der Waals surface area contributed by atoms with Gasteiger partial charge in [0, 0.05) is 10.4 Å². The summed E-state index contributed by atoms with van der Waals surface area (Å²) < 4.78 is 10.9. The van der Waals surface area contributed by atoms with Crippen LogP contribution in [0.2, 0.25) is 0 Å². The monoisotopic (exact) mass is 449 g/mol. The number of Topliss-reactive ketones (excluding diaryl/α,β-unsaturated/α-hetero) is 1. The van der Waals surface area contributed by atoms with Gasteiger partial charge in [-0.15, -0.1) is 11.3 Å². The molecule has 6 nitrogen and oxygen atoms in total. The van der Waals surface area contributed by atoms with E-state index in [4.69, 9.17) is 9.47 Å². The number of benzene rings is 2. The maximum absolute atomic E-state index is 13.1. The first-order valence-electron chi connectivity index (χ1n) is 10.2. The minimum Gasteiger partial charge on any atom is -0.507 e.